The van der Waals surface area contributed by atoms with E-state index in [-0.39, 0.29) is 11.9 Å². The van der Waals surface area contributed by atoms with E-state index < -0.39 is 10.0 Å². The van der Waals surface area contributed by atoms with Gasteiger partial charge in [-0.2, -0.15) is 5.10 Å². The molecule has 1 amide bonds. The maximum atomic E-state index is 13.2. The Bertz CT molecular complexity index is 1220. The van der Waals surface area contributed by atoms with Crippen LogP contribution in [0.15, 0.2) is 71.1 Å². The van der Waals surface area contributed by atoms with Crippen LogP contribution in [0.5, 0.6) is 0 Å². The Morgan fingerprint density at radius 1 is 1.13 bits per heavy atom. The fourth-order valence-electron chi connectivity index (χ4n) is 3.49. The third kappa shape index (κ3) is 4.29. The molecule has 6 nitrogen and oxygen atoms in total. The zero-order valence-corrected chi connectivity index (χ0v) is 18.2. The molecule has 0 fully saturated rings. The molecule has 154 valence electrons. The first kappa shape index (κ1) is 20.3. The molecule has 0 saturated carbocycles. The summed E-state index contributed by atoms with van der Waals surface area (Å²) in [6.07, 6.45) is 1.67. The predicted molar refractivity (Wildman–Crippen MR) is 120 cm³/mol. The SMILES string of the molecule is Cc1ccsc1C1CC(c2cccc(NS(C)(=O)=O)c2)=NN1C(=O)c1ccccc1. The number of hydrogen-bond acceptors (Lipinski definition) is 5. The molecule has 8 heteroatoms. The molecule has 1 aromatic heterocycles. The summed E-state index contributed by atoms with van der Waals surface area (Å²) in [6.45, 7) is 2.03. The summed E-state index contributed by atoms with van der Waals surface area (Å²) in [7, 11) is -3.38. The van der Waals surface area contributed by atoms with Gasteiger partial charge >= 0.3 is 0 Å². The average molecular weight is 440 g/mol. The van der Waals surface area contributed by atoms with Gasteiger partial charge in [0.2, 0.25) is 10.0 Å². The second kappa shape index (κ2) is 8.04. The van der Waals surface area contributed by atoms with Crippen LogP contribution in [0.3, 0.4) is 0 Å². The van der Waals surface area contributed by atoms with Gasteiger partial charge < -0.3 is 0 Å². The highest BCUT2D eigenvalue weighted by Crippen LogP contribution is 2.38. The number of carbonyl (C=O) groups is 1. The van der Waals surface area contributed by atoms with Crippen molar-refractivity contribution in [3.05, 3.63) is 87.6 Å². The summed E-state index contributed by atoms with van der Waals surface area (Å²) < 4.78 is 25.7. The van der Waals surface area contributed by atoms with Crippen molar-refractivity contribution in [2.45, 2.75) is 19.4 Å². The molecule has 3 aromatic rings. The van der Waals surface area contributed by atoms with Crippen LogP contribution in [0.1, 0.15) is 38.8 Å². The largest absolute Gasteiger partial charge is 0.284 e. The molecule has 1 unspecified atom stereocenters. The van der Waals surface area contributed by atoms with E-state index in [1.807, 2.05) is 42.6 Å². The van der Waals surface area contributed by atoms with E-state index in [1.165, 1.54) is 0 Å². The van der Waals surface area contributed by atoms with Crippen molar-refractivity contribution in [2.75, 3.05) is 11.0 Å². The normalized spacial score (nSPS) is 16.4. The van der Waals surface area contributed by atoms with Crippen molar-refractivity contribution >= 4 is 38.7 Å². The van der Waals surface area contributed by atoms with Crippen LogP contribution >= 0.6 is 11.3 Å². The molecular weight excluding hydrogens is 418 g/mol. The van der Waals surface area contributed by atoms with Crippen molar-refractivity contribution in [1.29, 1.82) is 0 Å². The highest BCUT2D eigenvalue weighted by Gasteiger charge is 2.35. The Balaban J connectivity index is 1.72. The van der Waals surface area contributed by atoms with Gasteiger partial charge in [-0.15, -0.1) is 11.3 Å². The molecule has 30 heavy (non-hydrogen) atoms. The van der Waals surface area contributed by atoms with E-state index in [4.69, 9.17) is 0 Å². The minimum atomic E-state index is -3.38. The minimum Gasteiger partial charge on any atom is -0.284 e. The lowest BCUT2D eigenvalue weighted by atomic mass is 10.0. The first-order valence-corrected chi connectivity index (χ1v) is 12.2. The molecule has 0 aliphatic carbocycles. The maximum absolute atomic E-state index is 13.2. The van der Waals surface area contributed by atoms with Crippen molar-refractivity contribution in [2.24, 2.45) is 5.10 Å². The molecule has 0 radical (unpaired) electrons. The number of nitrogens with one attached hydrogen (secondary N) is 1. The summed E-state index contributed by atoms with van der Waals surface area (Å²) in [4.78, 5) is 14.3. The van der Waals surface area contributed by atoms with Crippen molar-refractivity contribution in [1.82, 2.24) is 5.01 Å². The van der Waals surface area contributed by atoms with Gasteiger partial charge in [-0.05, 0) is 53.8 Å². The van der Waals surface area contributed by atoms with E-state index >= 15 is 0 Å². The summed E-state index contributed by atoms with van der Waals surface area (Å²) in [6, 6.07) is 18.0. The average Bonchev–Trinajstić information content (AvgIpc) is 3.33. The smallest absolute Gasteiger partial charge is 0.274 e. The van der Waals surface area contributed by atoms with E-state index in [0.717, 1.165) is 28.0 Å². The van der Waals surface area contributed by atoms with Gasteiger partial charge in [-0.25, -0.2) is 13.4 Å². The Labute approximate surface area is 179 Å². The molecule has 1 aliphatic heterocycles. The highest BCUT2D eigenvalue weighted by atomic mass is 32.2. The van der Waals surface area contributed by atoms with Gasteiger partial charge in [0.15, 0.2) is 0 Å². The van der Waals surface area contributed by atoms with Crippen LogP contribution in [0.2, 0.25) is 0 Å². The summed E-state index contributed by atoms with van der Waals surface area (Å²) in [5.41, 5.74) is 3.70. The standard InChI is InChI=1S/C22H21N3O3S2/c1-15-11-12-29-21(15)20-14-19(17-9-6-10-18(13-17)24-30(2,27)28)23-25(20)22(26)16-7-4-3-5-8-16/h3-13,20,24H,14H2,1-2H3. The van der Waals surface area contributed by atoms with Crippen LogP contribution < -0.4 is 4.72 Å². The van der Waals surface area contributed by atoms with Gasteiger partial charge in [0, 0.05) is 22.5 Å². The van der Waals surface area contributed by atoms with Crippen LogP contribution in [0, 0.1) is 6.92 Å². The summed E-state index contributed by atoms with van der Waals surface area (Å²) in [5.74, 6) is -0.159. The zero-order valence-electron chi connectivity index (χ0n) is 16.6. The molecule has 4 rings (SSSR count). The van der Waals surface area contributed by atoms with Gasteiger partial charge in [-0.1, -0.05) is 30.3 Å². The Morgan fingerprint density at radius 3 is 2.57 bits per heavy atom. The number of sulfonamides is 1. The first-order chi connectivity index (χ1) is 14.3. The number of rotatable bonds is 5. The molecule has 0 spiro atoms. The molecule has 0 bridgehead atoms. The fourth-order valence-corrected chi connectivity index (χ4v) is 5.06. The predicted octanol–water partition coefficient (Wildman–Crippen LogP) is 4.42. The van der Waals surface area contributed by atoms with Gasteiger partial charge in [0.25, 0.3) is 5.91 Å². The van der Waals surface area contributed by atoms with Crippen LogP contribution in [0.25, 0.3) is 0 Å². The number of carbonyl (C=O) groups excluding carboxylic acids is 1. The first-order valence-electron chi connectivity index (χ1n) is 9.40. The molecule has 2 aromatic carbocycles. The molecular formula is C22H21N3O3S2. The van der Waals surface area contributed by atoms with Crippen molar-refractivity contribution in [3.8, 4) is 0 Å². The summed E-state index contributed by atoms with van der Waals surface area (Å²) >= 11 is 1.61. The zero-order chi connectivity index (χ0) is 21.3. The van der Waals surface area contributed by atoms with Crippen molar-refractivity contribution < 1.29 is 13.2 Å². The van der Waals surface area contributed by atoms with Gasteiger partial charge in [0.05, 0.1) is 18.0 Å². The molecule has 1 N–H and O–H groups in total. The number of aryl methyl sites for hydroxylation is 1. The quantitative estimate of drug-likeness (QED) is 0.639. The Kier molecular flexibility index (Phi) is 5.44. The van der Waals surface area contributed by atoms with E-state index in [1.54, 1.807) is 46.7 Å². The van der Waals surface area contributed by atoms with Crippen LogP contribution in [0.4, 0.5) is 5.69 Å². The van der Waals surface area contributed by atoms with Crippen LogP contribution in [-0.4, -0.2) is 31.3 Å². The van der Waals surface area contributed by atoms with E-state index in [0.29, 0.717) is 17.7 Å². The third-order valence-electron chi connectivity index (χ3n) is 4.84. The number of anilines is 1. The fraction of sp³-hybridized carbons (Fsp3) is 0.182. The second-order valence-electron chi connectivity index (χ2n) is 7.21. The Hall–Kier alpha value is -2.97. The lowest BCUT2D eigenvalue weighted by Crippen LogP contribution is -2.26. The van der Waals surface area contributed by atoms with Crippen molar-refractivity contribution in [3.63, 3.8) is 0 Å². The monoisotopic (exact) mass is 439 g/mol. The lowest BCUT2D eigenvalue weighted by Gasteiger charge is -2.21. The molecule has 0 saturated heterocycles. The van der Waals surface area contributed by atoms with E-state index in [2.05, 4.69) is 9.82 Å². The Morgan fingerprint density at radius 2 is 1.90 bits per heavy atom. The number of nitrogens with zero attached hydrogens (tertiary/aromatic N) is 2. The summed E-state index contributed by atoms with van der Waals surface area (Å²) in [5, 5.41) is 8.25. The number of benzene rings is 2. The lowest BCUT2D eigenvalue weighted by molar-refractivity contribution is 0.0713. The van der Waals surface area contributed by atoms with Crippen LogP contribution in [-0.2, 0) is 10.0 Å². The molecule has 1 atom stereocenters. The molecule has 1 aliphatic rings. The second-order valence-corrected chi connectivity index (χ2v) is 9.90. The number of thiophene rings is 1. The molecule has 2 heterocycles. The highest BCUT2D eigenvalue weighted by molar-refractivity contribution is 7.92. The van der Waals surface area contributed by atoms with Gasteiger partial charge in [-0.3, -0.25) is 9.52 Å². The number of amides is 1. The minimum absolute atomic E-state index is 0.159. The maximum Gasteiger partial charge on any atom is 0.274 e. The number of hydrogen-bond donors (Lipinski definition) is 1. The topological polar surface area (TPSA) is 78.8 Å². The van der Waals surface area contributed by atoms with Gasteiger partial charge in [0.1, 0.15) is 0 Å². The third-order valence-corrected chi connectivity index (χ3v) is 6.57. The number of hydrazone groups is 1. The van der Waals surface area contributed by atoms with E-state index in [9.17, 15) is 13.2 Å².